The van der Waals surface area contributed by atoms with Gasteiger partial charge in [0, 0.05) is 23.2 Å². The normalized spacial score (nSPS) is 14.3. The fourth-order valence-corrected chi connectivity index (χ4v) is 2.22. The van der Waals surface area contributed by atoms with Crippen LogP contribution in [0.4, 0.5) is 0 Å². The number of fused-ring (bicyclic) bond motifs is 1. The second kappa shape index (κ2) is 7.20. The fraction of sp³-hybridized carbons (Fsp3) is 0.471. The Bertz CT molecular complexity index is 648. The Balaban J connectivity index is 2.11. The topological polar surface area (TPSA) is 51.5 Å². The van der Waals surface area contributed by atoms with E-state index in [1.54, 1.807) is 6.07 Å². The van der Waals surface area contributed by atoms with Crippen LogP contribution in [0.3, 0.4) is 0 Å². The van der Waals surface area contributed by atoms with E-state index in [1.165, 1.54) is 0 Å². The number of ether oxygens (including phenoxy) is 1. The summed E-state index contributed by atoms with van der Waals surface area (Å²) in [6, 6.07) is 7.37. The number of benzene rings is 1. The maximum atomic E-state index is 12.0. The highest BCUT2D eigenvalue weighted by Gasteiger charge is 2.16. The Morgan fingerprint density at radius 2 is 2.00 bits per heavy atom. The highest BCUT2D eigenvalue weighted by molar-refractivity contribution is 7.80. The summed E-state index contributed by atoms with van der Waals surface area (Å²) in [6.45, 7) is 8.41. The van der Waals surface area contributed by atoms with Gasteiger partial charge in [0.05, 0.1) is 0 Å². The van der Waals surface area contributed by atoms with E-state index >= 15 is 0 Å². The Morgan fingerprint density at radius 3 is 2.64 bits per heavy atom. The lowest BCUT2D eigenvalue weighted by Gasteiger charge is -2.16. The van der Waals surface area contributed by atoms with Crippen LogP contribution < -0.4 is 10.1 Å². The number of hydrogen-bond acceptors (Lipinski definition) is 5. The van der Waals surface area contributed by atoms with Crippen molar-refractivity contribution in [1.29, 1.82) is 0 Å². The first-order valence-electron chi connectivity index (χ1n) is 7.52. The molecule has 0 spiro atoms. The van der Waals surface area contributed by atoms with E-state index in [9.17, 15) is 4.79 Å². The molecule has 22 heavy (non-hydrogen) atoms. The minimum atomic E-state index is -0.0781. The molecule has 5 heteroatoms. The van der Waals surface area contributed by atoms with Gasteiger partial charge in [0.15, 0.2) is 5.76 Å². The molecule has 2 rings (SSSR count). The molecule has 0 bridgehead atoms. The first kappa shape index (κ1) is 16.9. The summed E-state index contributed by atoms with van der Waals surface area (Å²) < 4.78 is 11.5. The summed E-state index contributed by atoms with van der Waals surface area (Å²) in [5.74, 6) is 1.10. The predicted molar refractivity (Wildman–Crippen MR) is 91.9 cm³/mol. The smallest absolute Gasteiger partial charge is 0.200 e. The minimum Gasteiger partial charge on any atom is -0.489 e. The second-order valence-electron chi connectivity index (χ2n) is 5.84. The molecular formula is C17H23NO3S. The standard InChI is InChI=1S/C17H23NO3S/c1-10(2)17(19)16-8-13-7-14(5-6-15(13)21-16)20-11(3)9-18-12(4)22/h5-8,10-12,18,22H,9H2,1-4H3/t11-,12?/m1/s1. The zero-order valence-corrected chi connectivity index (χ0v) is 14.3. The molecule has 0 aliphatic rings. The van der Waals surface area contributed by atoms with Crippen LogP contribution in [0.2, 0.25) is 0 Å². The van der Waals surface area contributed by atoms with Crippen molar-refractivity contribution in [2.75, 3.05) is 6.54 Å². The maximum Gasteiger partial charge on any atom is 0.200 e. The van der Waals surface area contributed by atoms with Crippen molar-refractivity contribution in [3.8, 4) is 5.75 Å². The Kier molecular flexibility index (Phi) is 5.53. The quantitative estimate of drug-likeness (QED) is 0.461. The number of furan rings is 1. The molecule has 1 unspecified atom stereocenters. The molecule has 0 fully saturated rings. The molecule has 0 saturated carbocycles. The monoisotopic (exact) mass is 321 g/mol. The van der Waals surface area contributed by atoms with E-state index in [1.807, 2.05) is 45.9 Å². The van der Waals surface area contributed by atoms with Crippen LogP contribution in [0.25, 0.3) is 11.0 Å². The van der Waals surface area contributed by atoms with E-state index < -0.39 is 0 Å². The predicted octanol–water partition coefficient (Wildman–Crippen LogP) is 3.90. The van der Waals surface area contributed by atoms with Gasteiger partial charge in [-0.1, -0.05) is 13.8 Å². The molecule has 2 aromatic rings. The number of hydrogen-bond donors (Lipinski definition) is 2. The molecule has 0 amide bonds. The maximum absolute atomic E-state index is 12.0. The van der Waals surface area contributed by atoms with E-state index in [0.717, 1.165) is 11.1 Å². The van der Waals surface area contributed by atoms with Crippen molar-refractivity contribution >= 4 is 29.4 Å². The SMILES string of the molecule is CC(S)NC[C@@H](C)Oc1ccc2oc(C(=O)C(C)C)cc2c1. The van der Waals surface area contributed by atoms with Gasteiger partial charge in [-0.05, 0) is 38.1 Å². The zero-order chi connectivity index (χ0) is 16.3. The molecule has 0 saturated heterocycles. The first-order valence-corrected chi connectivity index (χ1v) is 8.04. The van der Waals surface area contributed by atoms with Crippen molar-refractivity contribution < 1.29 is 13.9 Å². The Hall–Kier alpha value is -1.46. The van der Waals surface area contributed by atoms with Crippen LogP contribution in [0.15, 0.2) is 28.7 Å². The van der Waals surface area contributed by atoms with E-state index in [4.69, 9.17) is 9.15 Å². The van der Waals surface area contributed by atoms with Crippen LogP contribution >= 0.6 is 12.6 Å². The zero-order valence-electron chi connectivity index (χ0n) is 13.4. The average Bonchev–Trinajstić information content (AvgIpc) is 2.87. The summed E-state index contributed by atoms with van der Waals surface area (Å²) in [7, 11) is 0. The summed E-state index contributed by atoms with van der Waals surface area (Å²) in [5.41, 5.74) is 0.700. The lowest BCUT2D eigenvalue weighted by molar-refractivity contribution is 0.0913. The number of carbonyl (C=O) groups excluding carboxylic acids is 1. The van der Waals surface area contributed by atoms with Crippen molar-refractivity contribution in [3.63, 3.8) is 0 Å². The summed E-state index contributed by atoms with van der Waals surface area (Å²) in [4.78, 5) is 12.0. The minimum absolute atomic E-state index is 0.0130. The van der Waals surface area contributed by atoms with Crippen LogP contribution in [-0.4, -0.2) is 23.8 Å². The fourth-order valence-electron chi connectivity index (χ4n) is 2.11. The lowest BCUT2D eigenvalue weighted by atomic mass is 10.1. The van der Waals surface area contributed by atoms with Crippen LogP contribution in [-0.2, 0) is 0 Å². The highest BCUT2D eigenvalue weighted by Crippen LogP contribution is 2.26. The Labute approximate surface area is 136 Å². The molecule has 1 N–H and O–H groups in total. The van der Waals surface area contributed by atoms with Gasteiger partial charge in [0.2, 0.25) is 5.78 Å². The van der Waals surface area contributed by atoms with Crippen LogP contribution in [0.5, 0.6) is 5.75 Å². The largest absolute Gasteiger partial charge is 0.489 e. The molecule has 1 aromatic carbocycles. The molecule has 4 nitrogen and oxygen atoms in total. The average molecular weight is 321 g/mol. The molecule has 2 atom stereocenters. The van der Waals surface area contributed by atoms with Crippen molar-refractivity contribution in [2.24, 2.45) is 5.92 Å². The molecular weight excluding hydrogens is 298 g/mol. The molecule has 1 heterocycles. The molecule has 0 aliphatic carbocycles. The number of thiol groups is 1. The third kappa shape index (κ3) is 4.27. The van der Waals surface area contributed by atoms with Gasteiger partial charge in [-0.15, -0.1) is 0 Å². The number of rotatable bonds is 7. The molecule has 120 valence electrons. The van der Waals surface area contributed by atoms with Crippen molar-refractivity contribution in [3.05, 3.63) is 30.0 Å². The van der Waals surface area contributed by atoms with Gasteiger partial charge in [-0.25, -0.2) is 0 Å². The summed E-state index contributed by atoms with van der Waals surface area (Å²) in [6.07, 6.45) is 0.0238. The Morgan fingerprint density at radius 1 is 1.27 bits per heavy atom. The van der Waals surface area contributed by atoms with E-state index in [0.29, 0.717) is 17.9 Å². The van der Waals surface area contributed by atoms with Gasteiger partial charge in [-0.3, -0.25) is 4.79 Å². The summed E-state index contributed by atoms with van der Waals surface area (Å²) >= 11 is 4.27. The number of ketones is 1. The number of nitrogens with one attached hydrogen (secondary N) is 1. The molecule has 0 radical (unpaired) electrons. The third-order valence-electron chi connectivity index (χ3n) is 3.29. The molecule has 0 aliphatic heterocycles. The van der Waals surface area contributed by atoms with Crippen molar-refractivity contribution in [1.82, 2.24) is 5.32 Å². The van der Waals surface area contributed by atoms with Gasteiger partial charge in [-0.2, -0.15) is 12.6 Å². The summed E-state index contributed by atoms with van der Waals surface area (Å²) in [5, 5.41) is 4.22. The highest BCUT2D eigenvalue weighted by atomic mass is 32.1. The van der Waals surface area contributed by atoms with E-state index in [-0.39, 0.29) is 23.2 Å². The number of Topliss-reactive ketones (excluding diaryl/α,β-unsaturated/α-hetero) is 1. The van der Waals surface area contributed by atoms with Gasteiger partial charge in [0.25, 0.3) is 0 Å². The third-order valence-corrected chi connectivity index (χ3v) is 3.48. The van der Waals surface area contributed by atoms with Crippen LogP contribution in [0.1, 0.15) is 38.2 Å². The van der Waals surface area contributed by atoms with E-state index in [2.05, 4.69) is 17.9 Å². The number of carbonyl (C=O) groups is 1. The first-order chi connectivity index (χ1) is 10.4. The van der Waals surface area contributed by atoms with Gasteiger partial charge < -0.3 is 14.5 Å². The van der Waals surface area contributed by atoms with Gasteiger partial charge in [0.1, 0.15) is 17.4 Å². The molecule has 1 aromatic heterocycles. The second-order valence-corrected chi connectivity index (χ2v) is 6.62. The van der Waals surface area contributed by atoms with Crippen molar-refractivity contribution in [2.45, 2.75) is 39.2 Å². The lowest BCUT2D eigenvalue weighted by Crippen LogP contribution is -2.32. The van der Waals surface area contributed by atoms with Gasteiger partial charge >= 0.3 is 0 Å². The van der Waals surface area contributed by atoms with Crippen LogP contribution in [0, 0.1) is 5.92 Å².